The molecule has 0 aromatic rings. The average Bonchev–Trinajstić information content (AvgIpc) is 2.46. The highest BCUT2D eigenvalue weighted by atomic mass is 35.5. The van der Waals surface area contributed by atoms with Crippen molar-refractivity contribution < 1.29 is 9.59 Å². The molecule has 0 bridgehead atoms. The topological polar surface area (TPSA) is 87.5 Å². The molecule has 1 saturated heterocycles. The number of nitrogens with zero attached hydrogens (tertiary/aromatic N) is 1. The van der Waals surface area contributed by atoms with E-state index in [9.17, 15) is 9.59 Å². The van der Waals surface area contributed by atoms with E-state index in [-0.39, 0.29) is 36.4 Å². The standard InChI is InChI=1S/C11H22N4O2.ClH/c1-11(2,3)14-10(17)13-9(16)7-15-5-4-8(12)6-15;/h8H,4-7,12H2,1-3H3,(H2,13,14,16,17);1H/t8-;/m1./s1. The Morgan fingerprint density at radius 3 is 2.44 bits per heavy atom. The van der Waals surface area contributed by atoms with E-state index >= 15 is 0 Å². The maximum Gasteiger partial charge on any atom is 0.321 e. The lowest BCUT2D eigenvalue weighted by atomic mass is 10.1. The SMILES string of the molecule is CC(C)(C)NC(=O)NC(=O)CN1CC[C@@H](N)C1.Cl. The molecule has 0 spiro atoms. The zero-order valence-corrected chi connectivity index (χ0v) is 12.0. The van der Waals surface area contributed by atoms with Crippen LogP contribution >= 0.6 is 12.4 Å². The number of nitrogens with one attached hydrogen (secondary N) is 2. The third-order valence-corrected chi connectivity index (χ3v) is 2.42. The van der Waals surface area contributed by atoms with Gasteiger partial charge in [-0.25, -0.2) is 4.79 Å². The predicted molar refractivity (Wildman–Crippen MR) is 72.7 cm³/mol. The second kappa shape index (κ2) is 6.92. The fourth-order valence-corrected chi connectivity index (χ4v) is 1.75. The van der Waals surface area contributed by atoms with Gasteiger partial charge in [0.2, 0.25) is 5.91 Å². The van der Waals surface area contributed by atoms with Crippen LogP contribution in [0.2, 0.25) is 0 Å². The normalized spacial score (nSPS) is 20.1. The zero-order chi connectivity index (χ0) is 13.1. The maximum absolute atomic E-state index is 11.5. The van der Waals surface area contributed by atoms with Crippen LogP contribution in [0.15, 0.2) is 0 Å². The van der Waals surface area contributed by atoms with Crippen molar-refractivity contribution in [1.82, 2.24) is 15.5 Å². The lowest BCUT2D eigenvalue weighted by molar-refractivity contribution is -0.120. The monoisotopic (exact) mass is 278 g/mol. The van der Waals surface area contributed by atoms with E-state index in [2.05, 4.69) is 10.6 Å². The Morgan fingerprint density at radius 2 is 2.00 bits per heavy atom. The summed E-state index contributed by atoms with van der Waals surface area (Å²) < 4.78 is 0. The van der Waals surface area contributed by atoms with E-state index in [1.54, 1.807) is 0 Å². The molecule has 0 aliphatic carbocycles. The molecule has 3 amide bonds. The molecule has 1 aliphatic heterocycles. The van der Waals surface area contributed by atoms with Gasteiger partial charge in [-0.3, -0.25) is 15.0 Å². The average molecular weight is 279 g/mol. The number of likely N-dealkylation sites (tertiary alicyclic amines) is 1. The summed E-state index contributed by atoms with van der Waals surface area (Å²) in [6, 6.07) is -0.308. The van der Waals surface area contributed by atoms with Crippen molar-refractivity contribution in [3.05, 3.63) is 0 Å². The fraction of sp³-hybridized carbons (Fsp3) is 0.818. The van der Waals surface area contributed by atoms with Crippen LogP contribution in [-0.4, -0.2) is 48.1 Å². The molecule has 0 aromatic carbocycles. The first-order chi connectivity index (χ1) is 7.76. The number of hydrogen-bond acceptors (Lipinski definition) is 4. The molecule has 1 heterocycles. The van der Waals surface area contributed by atoms with Gasteiger partial charge in [-0.2, -0.15) is 0 Å². The van der Waals surface area contributed by atoms with Crippen LogP contribution in [0.1, 0.15) is 27.2 Å². The molecular weight excluding hydrogens is 256 g/mol. The summed E-state index contributed by atoms with van der Waals surface area (Å²) in [5.74, 6) is -0.291. The quantitative estimate of drug-likeness (QED) is 0.667. The Kier molecular flexibility index (Phi) is 6.59. The largest absolute Gasteiger partial charge is 0.333 e. The number of rotatable bonds is 2. The van der Waals surface area contributed by atoms with Gasteiger partial charge in [0.05, 0.1) is 6.54 Å². The second-order valence-corrected chi connectivity index (χ2v) is 5.54. The number of imide groups is 1. The number of urea groups is 1. The van der Waals surface area contributed by atoms with Gasteiger partial charge in [0.25, 0.3) is 0 Å². The van der Waals surface area contributed by atoms with Crippen LogP contribution in [0.3, 0.4) is 0 Å². The van der Waals surface area contributed by atoms with Crippen LogP contribution < -0.4 is 16.4 Å². The summed E-state index contributed by atoms with van der Waals surface area (Å²) in [4.78, 5) is 24.9. The van der Waals surface area contributed by atoms with E-state index in [0.717, 1.165) is 13.0 Å². The number of hydrogen-bond donors (Lipinski definition) is 3. The molecule has 4 N–H and O–H groups in total. The van der Waals surface area contributed by atoms with E-state index in [0.29, 0.717) is 6.54 Å². The van der Waals surface area contributed by atoms with Gasteiger partial charge in [-0.15, -0.1) is 12.4 Å². The number of halogens is 1. The molecule has 1 aliphatic rings. The molecule has 18 heavy (non-hydrogen) atoms. The zero-order valence-electron chi connectivity index (χ0n) is 11.2. The fourth-order valence-electron chi connectivity index (χ4n) is 1.75. The minimum Gasteiger partial charge on any atom is -0.333 e. The highest BCUT2D eigenvalue weighted by Crippen LogP contribution is 2.05. The van der Waals surface area contributed by atoms with E-state index in [4.69, 9.17) is 5.73 Å². The number of amides is 3. The predicted octanol–water partition coefficient (Wildman–Crippen LogP) is 0.0655. The molecule has 0 radical (unpaired) electrons. The van der Waals surface area contributed by atoms with Crippen molar-refractivity contribution in [2.75, 3.05) is 19.6 Å². The third-order valence-electron chi connectivity index (χ3n) is 2.42. The first-order valence-electron chi connectivity index (χ1n) is 5.86. The molecule has 7 heteroatoms. The second-order valence-electron chi connectivity index (χ2n) is 5.54. The van der Waals surface area contributed by atoms with Crippen molar-refractivity contribution >= 4 is 24.3 Å². The van der Waals surface area contributed by atoms with Gasteiger partial charge in [-0.1, -0.05) is 0 Å². The number of carbonyl (C=O) groups is 2. The van der Waals surface area contributed by atoms with Crippen LogP contribution in [-0.2, 0) is 4.79 Å². The van der Waals surface area contributed by atoms with Gasteiger partial charge < -0.3 is 11.1 Å². The molecular formula is C11H23ClN4O2. The Hall–Kier alpha value is -0.850. The molecule has 0 saturated carbocycles. The Morgan fingerprint density at radius 1 is 1.39 bits per heavy atom. The molecule has 0 unspecified atom stereocenters. The number of carbonyl (C=O) groups excluding carboxylic acids is 2. The minimum absolute atomic E-state index is 0. The summed E-state index contributed by atoms with van der Waals surface area (Å²) in [5, 5.41) is 4.98. The van der Waals surface area contributed by atoms with E-state index < -0.39 is 6.03 Å². The Labute approximate surface area is 114 Å². The van der Waals surface area contributed by atoms with E-state index in [1.165, 1.54) is 0 Å². The minimum atomic E-state index is -0.453. The van der Waals surface area contributed by atoms with Crippen molar-refractivity contribution in [3.8, 4) is 0 Å². The van der Waals surface area contributed by atoms with Gasteiger partial charge in [0.1, 0.15) is 0 Å². The Bertz CT molecular complexity index is 304. The van der Waals surface area contributed by atoms with Gasteiger partial charge >= 0.3 is 6.03 Å². The van der Waals surface area contributed by atoms with Crippen molar-refractivity contribution in [2.24, 2.45) is 5.73 Å². The van der Waals surface area contributed by atoms with E-state index in [1.807, 2.05) is 25.7 Å². The summed E-state index contributed by atoms with van der Waals surface area (Å²) in [6.07, 6.45) is 0.904. The van der Waals surface area contributed by atoms with Gasteiger partial charge in [0.15, 0.2) is 0 Å². The molecule has 106 valence electrons. The third kappa shape index (κ3) is 6.78. The first kappa shape index (κ1) is 17.2. The highest BCUT2D eigenvalue weighted by molar-refractivity contribution is 5.95. The summed E-state index contributed by atoms with van der Waals surface area (Å²) in [6.45, 7) is 7.33. The summed E-state index contributed by atoms with van der Waals surface area (Å²) >= 11 is 0. The molecule has 1 fully saturated rings. The maximum atomic E-state index is 11.5. The summed E-state index contributed by atoms with van der Waals surface area (Å²) in [7, 11) is 0. The summed E-state index contributed by atoms with van der Waals surface area (Å²) in [5.41, 5.74) is 5.39. The number of nitrogens with two attached hydrogens (primary N) is 1. The van der Waals surface area contributed by atoms with Crippen LogP contribution in [0.4, 0.5) is 4.79 Å². The molecule has 6 nitrogen and oxygen atoms in total. The van der Waals surface area contributed by atoms with Crippen LogP contribution in [0.5, 0.6) is 0 Å². The van der Waals surface area contributed by atoms with Crippen molar-refractivity contribution in [3.63, 3.8) is 0 Å². The molecule has 1 atom stereocenters. The Balaban J connectivity index is 0.00000289. The van der Waals surface area contributed by atoms with Crippen LogP contribution in [0, 0.1) is 0 Å². The van der Waals surface area contributed by atoms with Gasteiger partial charge in [0, 0.05) is 24.7 Å². The highest BCUT2D eigenvalue weighted by Gasteiger charge is 2.22. The first-order valence-corrected chi connectivity index (χ1v) is 5.86. The van der Waals surface area contributed by atoms with Crippen molar-refractivity contribution in [2.45, 2.75) is 38.8 Å². The lowest BCUT2D eigenvalue weighted by Crippen LogP contribution is -2.50. The lowest BCUT2D eigenvalue weighted by Gasteiger charge is -2.21. The van der Waals surface area contributed by atoms with Crippen LogP contribution in [0.25, 0.3) is 0 Å². The van der Waals surface area contributed by atoms with Crippen molar-refractivity contribution in [1.29, 1.82) is 0 Å². The smallest absolute Gasteiger partial charge is 0.321 e. The van der Waals surface area contributed by atoms with Gasteiger partial charge in [-0.05, 0) is 27.2 Å². The molecule has 0 aromatic heterocycles. The molecule has 1 rings (SSSR count).